The molecule has 2 aromatic carbocycles. The Bertz CT molecular complexity index is 533. The number of rotatable bonds is 6. The zero-order chi connectivity index (χ0) is 14.4. The van der Waals surface area contributed by atoms with Crippen LogP contribution >= 0.6 is 11.6 Å². The molecule has 0 saturated carbocycles. The maximum atomic E-state index is 6.33. The van der Waals surface area contributed by atoms with Crippen LogP contribution < -0.4 is 5.32 Å². The van der Waals surface area contributed by atoms with Crippen molar-refractivity contribution in [2.24, 2.45) is 0 Å². The summed E-state index contributed by atoms with van der Waals surface area (Å²) in [5, 5.41) is 4.37. The summed E-state index contributed by atoms with van der Waals surface area (Å²) in [5.74, 6) is 0. The molecule has 0 aliphatic carbocycles. The standard InChI is InChI=1S/C18H22ClN/c1-3-14-9-11-15(12-10-14)13-18(20-4-2)16-7-5-6-8-17(16)19/h5-12,18,20H,3-4,13H2,1-2H3. The molecule has 0 heterocycles. The molecule has 0 aliphatic rings. The number of hydrogen-bond acceptors (Lipinski definition) is 1. The molecule has 1 unspecified atom stereocenters. The molecular weight excluding hydrogens is 266 g/mol. The lowest BCUT2D eigenvalue weighted by atomic mass is 9.97. The van der Waals surface area contributed by atoms with Gasteiger partial charge < -0.3 is 5.32 Å². The molecule has 0 spiro atoms. The van der Waals surface area contributed by atoms with Gasteiger partial charge in [-0.2, -0.15) is 0 Å². The van der Waals surface area contributed by atoms with E-state index in [1.807, 2.05) is 18.2 Å². The normalized spacial score (nSPS) is 12.3. The van der Waals surface area contributed by atoms with Crippen LogP contribution in [-0.4, -0.2) is 6.54 Å². The van der Waals surface area contributed by atoms with Gasteiger partial charge in [-0.3, -0.25) is 0 Å². The average Bonchev–Trinajstić information content (AvgIpc) is 2.48. The van der Waals surface area contributed by atoms with Crippen LogP contribution in [0.5, 0.6) is 0 Å². The fraction of sp³-hybridized carbons (Fsp3) is 0.333. The highest BCUT2D eigenvalue weighted by atomic mass is 35.5. The number of nitrogens with one attached hydrogen (secondary N) is 1. The van der Waals surface area contributed by atoms with E-state index in [9.17, 15) is 0 Å². The van der Waals surface area contributed by atoms with Gasteiger partial charge in [0.25, 0.3) is 0 Å². The minimum Gasteiger partial charge on any atom is -0.310 e. The Morgan fingerprint density at radius 1 is 0.950 bits per heavy atom. The fourth-order valence-corrected chi connectivity index (χ4v) is 2.71. The highest BCUT2D eigenvalue weighted by molar-refractivity contribution is 6.31. The largest absolute Gasteiger partial charge is 0.310 e. The van der Waals surface area contributed by atoms with Crippen molar-refractivity contribution >= 4 is 11.6 Å². The van der Waals surface area contributed by atoms with Crippen molar-refractivity contribution in [2.45, 2.75) is 32.7 Å². The minimum absolute atomic E-state index is 0.265. The fourth-order valence-electron chi connectivity index (χ4n) is 2.44. The molecule has 2 heteroatoms. The number of halogens is 1. The smallest absolute Gasteiger partial charge is 0.0453 e. The first-order chi connectivity index (χ1) is 9.74. The lowest BCUT2D eigenvalue weighted by Crippen LogP contribution is -2.23. The van der Waals surface area contributed by atoms with Gasteiger partial charge in [-0.05, 0) is 42.1 Å². The van der Waals surface area contributed by atoms with Crippen LogP contribution in [-0.2, 0) is 12.8 Å². The Labute approximate surface area is 127 Å². The molecule has 106 valence electrons. The summed E-state index contributed by atoms with van der Waals surface area (Å²) in [6.45, 7) is 5.24. The lowest BCUT2D eigenvalue weighted by Gasteiger charge is -2.20. The molecule has 1 atom stereocenters. The monoisotopic (exact) mass is 287 g/mol. The Morgan fingerprint density at radius 2 is 1.60 bits per heavy atom. The van der Waals surface area contributed by atoms with Gasteiger partial charge in [0.15, 0.2) is 0 Å². The van der Waals surface area contributed by atoms with Crippen LogP contribution in [0.1, 0.15) is 36.6 Å². The molecule has 2 aromatic rings. The predicted octanol–water partition coefficient (Wildman–Crippen LogP) is 4.80. The zero-order valence-corrected chi connectivity index (χ0v) is 13.0. The lowest BCUT2D eigenvalue weighted by molar-refractivity contribution is 0.550. The van der Waals surface area contributed by atoms with Crippen LogP contribution in [0.25, 0.3) is 0 Å². The summed E-state index contributed by atoms with van der Waals surface area (Å²) in [5.41, 5.74) is 3.90. The summed E-state index contributed by atoms with van der Waals surface area (Å²) in [6.07, 6.45) is 2.04. The van der Waals surface area contributed by atoms with Crippen LogP contribution in [0.15, 0.2) is 48.5 Å². The molecule has 0 saturated heterocycles. The maximum absolute atomic E-state index is 6.33. The molecule has 0 amide bonds. The number of aryl methyl sites for hydroxylation is 1. The second-order valence-corrected chi connectivity index (χ2v) is 5.41. The molecule has 0 bridgehead atoms. The Kier molecular flexibility index (Phi) is 5.63. The van der Waals surface area contributed by atoms with Gasteiger partial charge in [0.05, 0.1) is 0 Å². The minimum atomic E-state index is 0.265. The number of hydrogen-bond donors (Lipinski definition) is 1. The summed E-state index contributed by atoms with van der Waals surface area (Å²) in [6, 6.07) is 17.2. The van der Waals surface area contributed by atoms with E-state index in [2.05, 4.69) is 49.5 Å². The maximum Gasteiger partial charge on any atom is 0.0453 e. The van der Waals surface area contributed by atoms with Gasteiger partial charge >= 0.3 is 0 Å². The summed E-state index contributed by atoms with van der Waals surface area (Å²) in [7, 11) is 0. The van der Waals surface area contributed by atoms with Gasteiger partial charge in [-0.1, -0.05) is 67.9 Å². The molecule has 2 rings (SSSR count). The Balaban J connectivity index is 2.18. The van der Waals surface area contributed by atoms with Gasteiger partial charge in [0.1, 0.15) is 0 Å². The van der Waals surface area contributed by atoms with E-state index in [1.165, 1.54) is 16.7 Å². The number of benzene rings is 2. The van der Waals surface area contributed by atoms with E-state index in [0.717, 1.165) is 24.4 Å². The van der Waals surface area contributed by atoms with Crippen molar-refractivity contribution in [3.63, 3.8) is 0 Å². The Hall–Kier alpha value is -1.31. The first-order valence-electron chi connectivity index (χ1n) is 7.30. The van der Waals surface area contributed by atoms with Crippen molar-refractivity contribution in [1.82, 2.24) is 5.32 Å². The van der Waals surface area contributed by atoms with E-state index in [4.69, 9.17) is 11.6 Å². The van der Waals surface area contributed by atoms with Crippen LogP contribution in [0.3, 0.4) is 0 Å². The molecule has 1 nitrogen and oxygen atoms in total. The third-order valence-corrected chi connectivity index (χ3v) is 3.95. The van der Waals surface area contributed by atoms with Gasteiger partial charge in [0, 0.05) is 11.1 Å². The van der Waals surface area contributed by atoms with Crippen molar-refractivity contribution in [1.29, 1.82) is 0 Å². The highest BCUT2D eigenvalue weighted by Gasteiger charge is 2.13. The summed E-state index contributed by atoms with van der Waals surface area (Å²) >= 11 is 6.33. The van der Waals surface area contributed by atoms with Crippen molar-refractivity contribution < 1.29 is 0 Å². The second-order valence-electron chi connectivity index (χ2n) is 5.01. The molecule has 0 radical (unpaired) electrons. The molecule has 0 aliphatic heterocycles. The topological polar surface area (TPSA) is 12.0 Å². The average molecular weight is 288 g/mol. The van der Waals surface area contributed by atoms with Gasteiger partial charge in [-0.15, -0.1) is 0 Å². The van der Waals surface area contributed by atoms with E-state index < -0.39 is 0 Å². The second kappa shape index (κ2) is 7.47. The summed E-state index contributed by atoms with van der Waals surface area (Å²) in [4.78, 5) is 0. The first kappa shape index (κ1) is 15.1. The molecule has 0 fully saturated rings. The van der Waals surface area contributed by atoms with Crippen LogP contribution in [0.4, 0.5) is 0 Å². The van der Waals surface area contributed by atoms with Gasteiger partial charge in [0.2, 0.25) is 0 Å². The van der Waals surface area contributed by atoms with E-state index >= 15 is 0 Å². The summed E-state index contributed by atoms with van der Waals surface area (Å²) < 4.78 is 0. The molecule has 0 aromatic heterocycles. The van der Waals surface area contributed by atoms with E-state index in [-0.39, 0.29) is 6.04 Å². The van der Waals surface area contributed by atoms with Crippen molar-refractivity contribution in [3.8, 4) is 0 Å². The molecule has 1 N–H and O–H groups in total. The quantitative estimate of drug-likeness (QED) is 0.805. The van der Waals surface area contributed by atoms with Crippen LogP contribution in [0, 0.1) is 0 Å². The van der Waals surface area contributed by atoms with E-state index in [1.54, 1.807) is 0 Å². The third-order valence-electron chi connectivity index (χ3n) is 3.60. The van der Waals surface area contributed by atoms with Gasteiger partial charge in [-0.25, -0.2) is 0 Å². The van der Waals surface area contributed by atoms with Crippen LogP contribution in [0.2, 0.25) is 5.02 Å². The molecule has 20 heavy (non-hydrogen) atoms. The SMILES string of the molecule is CCNC(Cc1ccc(CC)cc1)c1ccccc1Cl. The third kappa shape index (κ3) is 3.84. The predicted molar refractivity (Wildman–Crippen MR) is 87.4 cm³/mol. The van der Waals surface area contributed by atoms with E-state index in [0.29, 0.717) is 0 Å². The number of likely N-dealkylation sites (N-methyl/N-ethyl adjacent to an activating group) is 1. The Morgan fingerprint density at radius 3 is 2.20 bits per heavy atom. The highest BCUT2D eigenvalue weighted by Crippen LogP contribution is 2.25. The first-order valence-corrected chi connectivity index (χ1v) is 7.68. The van der Waals surface area contributed by atoms with Crippen molar-refractivity contribution in [3.05, 3.63) is 70.2 Å². The molecular formula is C18H22ClN. The zero-order valence-electron chi connectivity index (χ0n) is 12.2. The van der Waals surface area contributed by atoms with Crippen molar-refractivity contribution in [2.75, 3.05) is 6.54 Å².